The number of nitriles is 1. The maximum absolute atomic E-state index is 9.01. The van der Waals surface area contributed by atoms with Crippen LogP contribution in [0.4, 0.5) is 5.69 Å². The van der Waals surface area contributed by atoms with Crippen molar-refractivity contribution >= 4 is 51.5 Å². The van der Waals surface area contributed by atoms with Gasteiger partial charge in [-0.2, -0.15) is 5.26 Å². The summed E-state index contributed by atoms with van der Waals surface area (Å²) in [6.45, 7) is 8.08. The fraction of sp³-hybridized carbons (Fsp3) is 0.391. The fourth-order valence-electron chi connectivity index (χ4n) is 4.45. The maximum atomic E-state index is 9.01. The third kappa shape index (κ3) is 3.64. The van der Waals surface area contributed by atoms with Gasteiger partial charge in [0.1, 0.15) is 5.65 Å². The number of hydrogen-bond donors (Lipinski definition) is 0. The van der Waals surface area contributed by atoms with E-state index in [0.29, 0.717) is 33.1 Å². The van der Waals surface area contributed by atoms with Crippen LogP contribution in [0, 0.1) is 38.0 Å². The Balaban J connectivity index is 1.89. The molecule has 4 rings (SSSR count). The highest BCUT2D eigenvalue weighted by atomic mass is 35.5. The number of fused-ring (bicyclic) bond motifs is 1. The lowest BCUT2D eigenvalue weighted by atomic mass is 9.93. The average Bonchev–Trinajstić information content (AvgIpc) is 2.92. The molecule has 0 spiro atoms. The first-order chi connectivity index (χ1) is 14.3. The SMILES string of the molecule is Cc1cc(N2CCC(CC#N)CC2)c2c(C)c(C)n(-c3c(Cl)cc(Cl)cc3Cl)c2n1. The van der Waals surface area contributed by atoms with Crippen molar-refractivity contribution in [3.05, 3.63) is 50.2 Å². The monoisotopic (exact) mass is 460 g/mol. The maximum Gasteiger partial charge on any atom is 0.147 e. The Labute approximate surface area is 192 Å². The Morgan fingerprint density at radius 3 is 2.30 bits per heavy atom. The number of rotatable bonds is 3. The molecule has 1 aromatic carbocycles. The molecule has 0 bridgehead atoms. The number of piperidine rings is 1. The predicted octanol–water partition coefficient (Wildman–Crippen LogP) is 7.04. The molecule has 3 aromatic rings. The normalized spacial score (nSPS) is 15.0. The Morgan fingerprint density at radius 1 is 1.07 bits per heavy atom. The van der Waals surface area contributed by atoms with Crippen molar-refractivity contribution in [2.75, 3.05) is 18.0 Å². The van der Waals surface area contributed by atoms with E-state index in [9.17, 15) is 0 Å². The third-order valence-electron chi connectivity index (χ3n) is 6.11. The van der Waals surface area contributed by atoms with Gasteiger partial charge in [-0.1, -0.05) is 34.8 Å². The lowest BCUT2D eigenvalue weighted by molar-refractivity contribution is 0.413. The van der Waals surface area contributed by atoms with E-state index in [2.05, 4.69) is 30.9 Å². The van der Waals surface area contributed by atoms with Crippen molar-refractivity contribution in [1.29, 1.82) is 5.26 Å². The van der Waals surface area contributed by atoms with Gasteiger partial charge in [0.25, 0.3) is 0 Å². The molecule has 3 heterocycles. The molecule has 2 aromatic heterocycles. The summed E-state index contributed by atoms with van der Waals surface area (Å²) in [5.74, 6) is 0.490. The molecule has 1 fully saturated rings. The summed E-state index contributed by atoms with van der Waals surface area (Å²) in [4.78, 5) is 7.30. The van der Waals surface area contributed by atoms with Crippen LogP contribution in [0.15, 0.2) is 18.2 Å². The summed E-state index contributed by atoms with van der Waals surface area (Å²) in [6, 6.07) is 7.90. The second-order valence-electron chi connectivity index (χ2n) is 8.04. The van der Waals surface area contributed by atoms with Crippen molar-refractivity contribution < 1.29 is 0 Å². The highest BCUT2D eigenvalue weighted by Gasteiger charge is 2.25. The summed E-state index contributed by atoms with van der Waals surface area (Å²) in [6.07, 6.45) is 2.70. The number of anilines is 1. The largest absolute Gasteiger partial charge is 0.371 e. The number of halogens is 3. The van der Waals surface area contributed by atoms with E-state index in [-0.39, 0.29) is 0 Å². The Kier molecular flexibility index (Phi) is 5.90. The van der Waals surface area contributed by atoms with E-state index in [4.69, 9.17) is 45.0 Å². The minimum absolute atomic E-state index is 0.490. The average molecular weight is 462 g/mol. The van der Waals surface area contributed by atoms with Gasteiger partial charge in [0.15, 0.2) is 0 Å². The van der Waals surface area contributed by atoms with Gasteiger partial charge in [-0.15, -0.1) is 0 Å². The van der Waals surface area contributed by atoms with E-state index in [1.165, 1.54) is 5.69 Å². The molecule has 0 aliphatic carbocycles. The molecule has 1 aliphatic heterocycles. The quantitative estimate of drug-likeness (QED) is 0.420. The van der Waals surface area contributed by atoms with Gasteiger partial charge in [-0.3, -0.25) is 4.57 Å². The first-order valence-electron chi connectivity index (χ1n) is 10.1. The molecule has 0 amide bonds. The Bertz CT molecular complexity index is 1140. The van der Waals surface area contributed by atoms with Crippen LogP contribution >= 0.6 is 34.8 Å². The van der Waals surface area contributed by atoms with Gasteiger partial charge >= 0.3 is 0 Å². The summed E-state index contributed by atoms with van der Waals surface area (Å²) in [7, 11) is 0. The van der Waals surface area contributed by atoms with Crippen LogP contribution < -0.4 is 4.90 Å². The molecule has 1 saturated heterocycles. The fourth-order valence-corrected chi connectivity index (χ4v) is 5.43. The number of benzene rings is 1. The first kappa shape index (κ1) is 21.3. The Hall–Kier alpha value is -1.93. The molecule has 156 valence electrons. The molecule has 0 radical (unpaired) electrons. The van der Waals surface area contributed by atoms with Gasteiger partial charge in [0, 0.05) is 47.0 Å². The molecule has 1 aliphatic rings. The van der Waals surface area contributed by atoms with Crippen molar-refractivity contribution in [3.8, 4) is 11.8 Å². The third-order valence-corrected chi connectivity index (χ3v) is 6.91. The minimum atomic E-state index is 0.490. The van der Waals surface area contributed by atoms with E-state index in [1.54, 1.807) is 12.1 Å². The molecule has 30 heavy (non-hydrogen) atoms. The van der Waals surface area contributed by atoms with E-state index in [0.717, 1.165) is 53.9 Å². The minimum Gasteiger partial charge on any atom is -0.371 e. The summed E-state index contributed by atoms with van der Waals surface area (Å²) >= 11 is 19.3. The predicted molar refractivity (Wildman–Crippen MR) is 125 cm³/mol. The van der Waals surface area contributed by atoms with Gasteiger partial charge in [-0.25, -0.2) is 4.98 Å². The van der Waals surface area contributed by atoms with Gasteiger partial charge in [0.2, 0.25) is 0 Å². The van der Waals surface area contributed by atoms with Crippen LogP contribution in [0.25, 0.3) is 16.7 Å². The van der Waals surface area contributed by atoms with Crippen molar-refractivity contribution in [3.63, 3.8) is 0 Å². The number of pyridine rings is 1. The lowest BCUT2D eigenvalue weighted by Gasteiger charge is -2.33. The zero-order valence-electron chi connectivity index (χ0n) is 17.3. The van der Waals surface area contributed by atoms with E-state index in [1.807, 2.05) is 11.5 Å². The van der Waals surface area contributed by atoms with Crippen LogP contribution in [0.3, 0.4) is 0 Å². The molecule has 0 N–H and O–H groups in total. The summed E-state index contributed by atoms with van der Waals surface area (Å²) in [5.41, 5.74) is 5.90. The molecular weight excluding hydrogens is 439 g/mol. The highest BCUT2D eigenvalue weighted by molar-refractivity contribution is 6.40. The number of nitrogens with zero attached hydrogens (tertiary/aromatic N) is 4. The van der Waals surface area contributed by atoms with Crippen LogP contribution in [-0.2, 0) is 0 Å². The molecular formula is C23H23Cl3N4. The smallest absolute Gasteiger partial charge is 0.147 e. The molecule has 4 nitrogen and oxygen atoms in total. The van der Waals surface area contributed by atoms with Gasteiger partial charge < -0.3 is 4.90 Å². The highest BCUT2D eigenvalue weighted by Crippen LogP contribution is 2.40. The van der Waals surface area contributed by atoms with E-state index >= 15 is 0 Å². The Morgan fingerprint density at radius 2 is 1.70 bits per heavy atom. The van der Waals surface area contributed by atoms with Crippen LogP contribution in [0.1, 0.15) is 36.2 Å². The second-order valence-corrected chi connectivity index (χ2v) is 9.29. The first-order valence-corrected chi connectivity index (χ1v) is 11.2. The summed E-state index contributed by atoms with van der Waals surface area (Å²) in [5, 5.41) is 11.6. The number of aryl methyl sites for hydroxylation is 2. The molecule has 0 unspecified atom stereocenters. The molecule has 0 atom stereocenters. The van der Waals surface area contributed by atoms with Crippen molar-refractivity contribution in [2.24, 2.45) is 5.92 Å². The molecule has 7 heteroatoms. The van der Waals surface area contributed by atoms with Gasteiger partial charge in [0.05, 0.1) is 21.8 Å². The number of hydrogen-bond acceptors (Lipinski definition) is 3. The van der Waals surface area contributed by atoms with Crippen LogP contribution in [-0.4, -0.2) is 22.6 Å². The zero-order chi connectivity index (χ0) is 21.6. The topological polar surface area (TPSA) is 44.9 Å². The number of aromatic nitrogens is 2. The second kappa shape index (κ2) is 8.30. The standard InChI is InChI=1S/C23H23Cl3N4/c1-13-10-20(29-8-5-16(4-7-27)6-9-29)21-14(2)15(3)30(23(21)28-13)22-18(25)11-17(24)12-19(22)26/h10-12,16H,4-6,8-9H2,1-3H3. The lowest BCUT2D eigenvalue weighted by Crippen LogP contribution is -2.33. The van der Waals surface area contributed by atoms with Crippen LogP contribution in [0.2, 0.25) is 15.1 Å². The van der Waals surface area contributed by atoms with Gasteiger partial charge in [-0.05, 0) is 63.3 Å². The molecule has 0 saturated carbocycles. The van der Waals surface area contributed by atoms with Crippen molar-refractivity contribution in [2.45, 2.75) is 40.0 Å². The van der Waals surface area contributed by atoms with Crippen LogP contribution in [0.5, 0.6) is 0 Å². The summed E-state index contributed by atoms with van der Waals surface area (Å²) < 4.78 is 2.05. The van der Waals surface area contributed by atoms with Crippen molar-refractivity contribution in [1.82, 2.24) is 9.55 Å². The zero-order valence-corrected chi connectivity index (χ0v) is 19.5. The van der Waals surface area contributed by atoms with E-state index < -0.39 is 0 Å².